The van der Waals surface area contributed by atoms with Crippen molar-refractivity contribution in [3.63, 3.8) is 0 Å². The van der Waals surface area contributed by atoms with Crippen LogP contribution in [0.15, 0.2) is 65.4 Å². The van der Waals surface area contributed by atoms with E-state index in [0.29, 0.717) is 6.42 Å². The van der Waals surface area contributed by atoms with Gasteiger partial charge in [0.2, 0.25) is 5.91 Å². The molecule has 0 spiro atoms. The summed E-state index contributed by atoms with van der Waals surface area (Å²) in [5.74, 6) is 0.0340. The van der Waals surface area contributed by atoms with Crippen LogP contribution in [0.1, 0.15) is 11.1 Å². The fourth-order valence-corrected chi connectivity index (χ4v) is 4.43. The highest BCUT2D eigenvalue weighted by molar-refractivity contribution is 7.22. The smallest absolute Gasteiger partial charge is 0.237 e. The Balaban J connectivity index is 1.80. The number of amides is 1. The van der Waals surface area contributed by atoms with Gasteiger partial charge in [-0.05, 0) is 53.1 Å². The number of carbonyl (C=O) groups is 1. The summed E-state index contributed by atoms with van der Waals surface area (Å²) in [6.45, 7) is 2.02. The van der Waals surface area contributed by atoms with Crippen LogP contribution >= 0.6 is 22.7 Å². The minimum atomic E-state index is 0.0340. The van der Waals surface area contributed by atoms with Crippen LogP contribution in [0.4, 0.5) is 10.8 Å². The second-order valence-electron chi connectivity index (χ2n) is 5.79. The zero-order valence-corrected chi connectivity index (χ0v) is 15.3. The van der Waals surface area contributed by atoms with Crippen LogP contribution in [0.5, 0.6) is 0 Å². The topological polar surface area (TPSA) is 33.2 Å². The molecule has 0 saturated heterocycles. The molecule has 4 aromatic rings. The monoisotopic (exact) mass is 364 g/mol. The number of aryl methyl sites for hydroxylation is 1. The van der Waals surface area contributed by atoms with E-state index in [2.05, 4.69) is 0 Å². The van der Waals surface area contributed by atoms with Gasteiger partial charge in [-0.15, -0.1) is 0 Å². The lowest BCUT2D eigenvalue weighted by Gasteiger charge is -2.21. The number of carbonyl (C=O) groups excluding carboxylic acids is 1. The maximum Gasteiger partial charge on any atom is 0.237 e. The molecule has 0 bridgehead atoms. The van der Waals surface area contributed by atoms with Crippen molar-refractivity contribution < 1.29 is 4.79 Å². The molecule has 0 fully saturated rings. The zero-order chi connectivity index (χ0) is 17.2. The van der Waals surface area contributed by atoms with Crippen LogP contribution in [-0.2, 0) is 11.2 Å². The molecule has 0 atom stereocenters. The number of fused-ring (bicyclic) bond motifs is 1. The fraction of sp³-hybridized carbons (Fsp3) is 0.100. The van der Waals surface area contributed by atoms with E-state index in [0.717, 1.165) is 32.2 Å². The van der Waals surface area contributed by atoms with Crippen molar-refractivity contribution in [1.29, 1.82) is 0 Å². The van der Waals surface area contributed by atoms with Gasteiger partial charge in [-0.2, -0.15) is 11.3 Å². The number of thiophene rings is 1. The Morgan fingerprint density at radius 2 is 1.88 bits per heavy atom. The lowest BCUT2D eigenvalue weighted by atomic mass is 10.1. The second-order valence-corrected chi connectivity index (χ2v) is 7.58. The molecular weight excluding hydrogens is 348 g/mol. The number of para-hydroxylation sites is 2. The van der Waals surface area contributed by atoms with Crippen LogP contribution in [-0.4, -0.2) is 10.9 Å². The van der Waals surface area contributed by atoms with E-state index < -0.39 is 0 Å². The number of nitrogens with zero attached hydrogens (tertiary/aromatic N) is 2. The molecule has 1 amide bonds. The average Bonchev–Trinajstić information content (AvgIpc) is 3.26. The van der Waals surface area contributed by atoms with Crippen molar-refractivity contribution >= 4 is 49.6 Å². The Morgan fingerprint density at radius 1 is 1.08 bits per heavy atom. The number of hydrogen-bond acceptors (Lipinski definition) is 4. The van der Waals surface area contributed by atoms with E-state index in [1.807, 2.05) is 72.3 Å². The van der Waals surface area contributed by atoms with Gasteiger partial charge in [0.15, 0.2) is 5.13 Å². The van der Waals surface area contributed by atoms with Crippen LogP contribution < -0.4 is 4.90 Å². The molecule has 0 aliphatic heterocycles. The van der Waals surface area contributed by atoms with Gasteiger partial charge < -0.3 is 0 Å². The lowest BCUT2D eigenvalue weighted by Crippen LogP contribution is -2.28. The summed E-state index contributed by atoms with van der Waals surface area (Å²) in [6.07, 6.45) is 0.369. The summed E-state index contributed by atoms with van der Waals surface area (Å²) >= 11 is 3.15. The molecule has 3 nitrogen and oxygen atoms in total. The molecule has 2 aromatic carbocycles. The average molecular weight is 364 g/mol. The number of aromatic nitrogens is 1. The van der Waals surface area contributed by atoms with Crippen LogP contribution in [0.25, 0.3) is 10.2 Å². The van der Waals surface area contributed by atoms with Gasteiger partial charge in [-0.1, -0.05) is 41.7 Å². The minimum Gasteiger partial charge on any atom is -0.274 e. The second kappa shape index (κ2) is 6.78. The Morgan fingerprint density at radius 3 is 2.64 bits per heavy atom. The van der Waals surface area contributed by atoms with Gasteiger partial charge in [0.05, 0.1) is 22.3 Å². The number of rotatable bonds is 4. The predicted octanol–water partition coefficient (Wildman–Crippen LogP) is 5.57. The van der Waals surface area contributed by atoms with Gasteiger partial charge in [-0.25, -0.2) is 4.98 Å². The van der Waals surface area contributed by atoms with Gasteiger partial charge in [0.25, 0.3) is 0 Å². The molecular formula is C20H16N2OS2. The quantitative estimate of drug-likeness (QED) is 0.474. The lowest BCUT2D eigenvalue weighted by molar-refractivity contribution is -0.117. The van der Waals surface area contributed by atoms with Crippen LogP contribution in [0.2, 0.25) is 0 Å². The first kappa shape index (κ1) is 16.0. The van der Waals surface area contributed by atoms with Gasteiger partial charge in [0.1, 0.15) is 0 Å². The normalized spacial score (nSPS) is 10.9. The minimum absolute atomic E-state index is 0.0340. The molecule has 0 aliphatic rings. The summed E-state index contributed by atoms with van der Waals surface area (Å²) in [6, 6.07) is 17.9. The fourth-order valence-electron chi connectivity index (χ4n) is 2.76. The third-order valence-electron chi connectivity index (χ3n) is 4.02. The van der Waals surface area contributed by atoms with Gasteiger partial charge >= 0.3 is 0 Å². The predicted molar refractivity (Wildman–Crippen MR) is 106 cm³/mol. The molecule has 124 valence electrons. The van der Waals surface area contributed by atoms with E-state index in [9.17, 15) is 4.79 Å². The molecule has 0 radical (unpaired) electrons. The zero-order valence-electron chi connectivity index (χ0n) is 13.7. The highest BCUT2D eigenvalue weighted by Gasteiger charge is 2.23. The summed E-state index contributed by atoms with van der Waals surface area (Å²) in [5.41, 5.74) is 3.90. The summed E-state index contributed by atoms with van der Waals surface area (Å²) in [4.78, 5) is 19.6. The van der Waals surface area contributed by atoms with Crippen molar-refractivity contribution in [3.05, 3.63) is 76.5 Å². The van der Waals surface area contributed by atoms with Crippen LogP contribution in [0, 0.1) is 6.92 Å². The Bertz CT molecular complexity index is 988. The summed E-state index contributed by atoms with van der Waals surface area (Å²) < 4.78 is 1.08. The molecule has 4 rings (SSSR count). The molecule has 5 heteroatoms. The van der Waals surface area contributed by atoms with Crippen molar-refractivity contribution in [1.82, 2.24) is 4.98 Å². The standard InChI is InChI=1S/C20H16N2OS2/c1-14-6-2-4-8-17(14)22(19(23)12-15-10-11-24-13-15)20-21-16-7-3-5-9-18(16)25-20/h2-11,13H,12H2,1H3. The number of hydrogen-bond donors (Lipinski definition) is 0. The Labute approximate surface area is 154 Å². The van der Waals surface area contributed by atoms with Crippen LogP contribution in [0.3, 0.4) is 0 Å². The van der Waals surface area contributed by atoms with Gasteiger partial charge in [-0.3, -0.25) is 9.69 Å². The molecule has 2 aromatic heterocycles. The first-order valence-corrected chi connectivity index (χ1v) is 9.73. The Hall–Kier alpha value is -2.50. The van der Waals surface area contributed by atoms with Crippen molar-refractivity contribution in [2.24, 2.45) is 0 Å². The molecule has 2 heterocycles. The van der Waals surface area contributed by atoms with Crippen molar-refractivity contribution in [3.8, 4) is 0 Å². The summed E-state index contributed by atoms with van der Waals surface area (Å²) in [7, 11) is 0. The molecule has 0 N–H and O–H groups in total. The SMILES string of the molecule is Cc1ccccc1N(C(=O)Cc1ccsc1)c1nc2ccccc2s1. The molecule has 0 aliphatic carbocycles. The van der Waals surface area contributed by atoms with Crippen molar-refractivity contribution in [2.75, 3.05) is 4.90 Å². The third-order valence-corrected chi connectivity index (χ3v) is 5.77. The highest BCUT2D eigenvalue weighted by atomic mass is 32.1. The third kappa shape index (κ3) is 3.21. The van der Waals surface area contributed by atoms with E-state index in [4.69, 9.17) is 4.98 Å². The van der Waals surface area contributed by atoms with E-state index in [-0.39, 0.29) is 5.91 Å². The van der Waals surface area contributed by atoms with E-state index in [1.54, 1.807) is 27.6 Å². The maximum atomic E-state index is 13.1. The Kier molecular flexibility index (Phi) is 4.34. The highest BCUT2D eigenvalue weighted by Crippen LogP contribution is 2.35. The first-order valence-electron chi connectivity index (χ1n) is 7.97. The molecule has 25 heavy (non-hydrogen) atoms. The summed E-state index contributed by atoms with van der Waals surface area (Å²) in [5, 5.41) is 4.74. The molecule has 0 unspecified atom stereocenters. The van der Waals surface area contributed by atoms with E-state index in [1.165, 1.54) is 0 Å². The van der Waals surface area contributed by atoms with Gasteiger partial charge in [0, 0.05) is 0 Å². The van der Waals surface area contributed by atoms with E-state index >= 15 is 0 Å². The molecule has 0 saturated carbocycles. The number of anilines is 2. The number of benzene rings is 2. The largest absolute Gasteiger partial charge is 0.274 e. The first-order chi connectivity index (χ1) is 12.2. The van der Waals surface area contributed by atoms with Crippen molar-refractivity contribution in [2.45, 2.75) is 13.3 Å². The number of thiazole rings is 1. The maximum absolute atomic E-state index is 13.1.